The molecule has 4 N–H and O–H groups in total. The monoisotopic (exact) mass is 458 g/mol. The number of nitrogens with zero attached hydrogens (tertiary/aromatic N) is 3. The second kappa shape index (κ2) is 24.7. The van der Waals surface area contributed by atoms with Gasteiger partial charge in [-0.1, -0.05) is 38.5 Å². The molecular formula is C19H37CoN5O4. The molecule has 2 rings (SSSR count). The average molecular weight is 458 g/mol. The second-order valence-electron chi connectivity index (χ2n) is 6.49. The third-order valence-corrected chi connectivity index (χ3v) is 4.14. The molecule has 0 atom stereocenters. The zero-order valence-electron chi connectivity index (χ0n) is 18.0. The predicted octanol–water partition coefficient (Wildman–Crippen LogP) is 5.66. The van der Waals surface area contributed by atoms with Crippen LogP contribution in [-0.2, 0) is 16.8 Å². The van der Waals surface area contributed by atoms with E-state index in [0.29, 0.717) is 11.4 Å². The molecule has 1 aliphatic carbocycles. The van der Waals surface area contributed by atoms with Gasteiger partial charge >= 0.3 is 16.8 Å². The Morgan fingerprint density at radius 2 is 1.14 bits per heavy atom. The molecule has 0 bridgehead atoms. The van der Waals surface area contributed by atoms with Crippen LogP contribution in [0.15, 0.2) is 33.1 Å². The molecule has 1 radical (unpaired) electrons. The number of nitrogens with one attached hydrogen (secondary N) is 2. The quantitative estimate of drug-likeness (QED) is 0.244. The van der Waals surface area contributed by atoms with Gasteiger partial charge < -0.3 is 11.7 Å². The Bertz CT molecular complexity index is 400. The van der Waals surface area contributed by atoms with Gasteiger partial charge in [-0.3, -0.25) is 21.4 Å². The molecular weight excluding hydrogens is 421 g/mol. The fourth-order valence-electron chi connectivity index (χ4n) is 1.93. The maximum absolute atomic E-state index is 9.65. The smallest absolute Gasteiger partial charge is 0.662 e. The third-order valence-electron chi connectivity index (χ3n) is 4.14. The first-order chi connectivity index (χ1) is 13.4. The summed E-state index contributed by atoms with van der Waals surface area (Å²) in [5.74, 6) is 0. The summed E-state index contributed by atoms with van der Waals surface area (Å²) in [6.45, 7) is 8.37. The van der Waals surface area contributed by atoms with Crippen LogP contribution < -0.4 is 11.0 Å². The number of hydrogen-bond donors (Lipinski definition) is 4. The van der Waals surface area contributed by atoms with Crippen molar-refractivity contribution >= 4 is 0 Å². The summed E-state index contributed by atoms with van der Waals surface area (Å²) in [6.07, 6.45) is 13.6. The standard InChI is InChI=1S/C6H11.C5H10N.2C4H8N2O2.Co/c2*1-2-4-6-5-3-1;2*1-3(5-7)4(2)6-8;/h1H,2-6H2;1-5H2;2*5,7H,1-2H3;/q2*-1;;;+2/b;;2*4-3-;. The zero-order chi connectivity index (χ0) is 21.6. The summed E-state index contributed by atoms with van der Waals surface area (Å²) in [5, 5.41) is 25.6. The van der Waals surface area contributed by atoms with Crippen LogP contribution in [0.5, 0.6) is 0 Å². The fraction of sp³-hybridized carbons (Fsp3) is 0.737. The number of rotatable bonds is 4. The van der Waals surface area contributed by atoms with Crippen molar-refractivity contribution in [3.63, 3.8) is 0 Å². The van der Waals surface area contributed by atoms with Gasteiger partial charge in [0.1, 0.15) is 11.4 Å². The largest absolute Gasteiger partial charge is 2.00 e. The van der Waals surface area contributed by atoms with Gasteiger partial charge in [0.2, 0.25) is 0 Å². The van der Waals surface area contributed by atoms with E-state index >= 15 is 0 Å². The Morgan fingerprint density at radius 1 is 0.759 bits per heavy atom. The van der Waals surface area contributed by atoms with Crippen molar-refractivity contribution in [2.24, 2.45) is 10.4 Å². The Labute approximate surface area is 185 Å². The van der Waals surface area contributed by atoms with E-state index in [1.165, 1.54) is 65.2 Å². The normalized spacial score (nSPS) is 16.8. The van der Waals surface area contributed by atoms with Gasteiger partial charge in [0.15, 0.2) is 0 Å². The number of piperidine rings is 1. The molecule has 1 aliphatic heterocycles. The van der Waals surface area contributed by atoms with Crippen LogP contribution in [0.4, 0.5) is 0 Å². The van der Waals surface area contributed by atoms with Crippen molar-refractivity contribution < 1.29 is 27.2 Å². The number of nitroso groups, excluding NO2 is 2. The SMILES string of the molecule is C/C(N=O)=C(\C)NO.C/C(N=O)=C(\C)NO.C1CC[N-]CC1.[CH-]1CCCCC1.[Co+2]. The van der Waals surface area contributed by atoms with E-state index in [0.717, 1.165) is 13.1 Å². The number of hydroxylamine groups is 2. The minimum Gasteiger partial charge on any atom is -0.662 e. The summed E-state index contributed by atoms with van der Waals surface area (Å²) < 4.78 is 0. The van der Waals surface area contributed by atoms with Gasteiger partial charge in [0.05, 0.1) is 11.4 Å². The topological polar surface area (TPSA) is 137 Å². The van der Waals surface area contributed by atoms with Crippen LogP contribution >= 0.6 is 0 Å². The van der Waals surface area contributed by atoms with E-state index in [1.54, 1.807) is 24.8 Å². The molecule has 0 aromatic heterocycles. The summed E-state index contributed by atoms with van der Waals surface area (Å²) in [5.41, 5.74) is 4.87. The minimum atomic E-state index is 0. The van der Waals surface area contributed by atoms with Gasteiger partial charge in [-0.25, -0.2) is 0 Å². The first-order valence-corrected chi connectivity index (χ1v) is 9.71. The van der Waals surface area contributed by atoms with Gasteiger partial charge in [-0.05, 0) is 38.0 Å². The van der Waals surface area contributed by atoms with E-state index < -0.39 is 0 Å². The van der Waals surface area contributed by atoms with Crippen LogP contribution in [0.3, 0.4) is 0 Å². The molecule has 2 aliphatic rings. The summed E-state index contributed by atoms with van der Waals surface area (Å²) in [4.78, 5) is 19.3. The fourth-order valence-corrected chi connectivity index (χ4v) is 1.93. The van der Waals surface area contributed by atoms with E-state index in [-0.39, 0.29) is 28.2 Å². The van der Waals surface area contributed by atoms with Crippen molar-refractivity contribution in [3.8, 4) is 0 Å². The number of allylic oxidation sites excluding steroid dienone is 4. The van der Waals surface area contributed by atoms with Crippen molar-refractivity contribution in [2.45, 2.75) is 79.1 Å². The van der Waals surface area contributed by atoms with Crippen molar-refractivity contribution in [2.75, 3.05) is 13.1 Å². The van der Waals surface area contributed by atoms with Gasteiger partial charge in [0.25, 0.3) is 0 Å². The van der Waals surface area contributed by atoms with E-state index in [1.807, 2.05) is 0 Å². The van der Waals surface area contributed by atoms with Gasteiger partial charge in [-0.2, -0.15) is 12.8 Å². The van der Waals surface area contributed by atoms with E-state index in [2.05, 4.69) is 22.1 Å². The summed E-state index contributed by atoms with van der Waals surface area (Å²) >= 11 is 0. The van der Waals surface area contributed by atoms with Crippen LogP contribution in [0, 0.1) is 16.2 Å². The Hall–Kier alpha value is -1.33. The third kappa shape index (κ3) is 22.8. The molecule has 9 nitrogen and oxygen atoms in total. The van der Waals surface area contributed by atoms with Gasteiger partial charge in [0, 0.05) is 0 Å². The first-order valence-electron chi connectivity index (χ1n) is 9.71. The molecule has 2 fully saturated rings. The molecule has 0 aromatic carbocycles. The van der Waals surface area contributed by atoms with Crippen molar-refractivity contribution in [1.29, 1.82) is 0 Å². The zero-order valence-corrected chi connectivity index (χ0v) is 19.1. The molecule has 0 unspecified atom stereocenters. The minimum absolute atomic E-state index is 0. The predicted molar refractivity (Wildman–Crippen MR) is 113 cm³/mol. The molecule has 1 saturated carbocycles. The molecule has 0 aromatic rings. The van der Waals surface area contributed by atoms with Crippen LogP contribution in [0.2, 0.25) is 0 Å². The molecule has 0 spiro atoms. The molecule has 29 heavy (non-hydrogen) atoms. The summed E-state index contributed by atoms with van der Waals surface area (Å²) in [6, 6.07) is 0. The van der Waals surface area contributed by atoms with Crippen molar-refractivity contribution in [1.82, 2.24) is 11.0 Å². The van der Waals surface area contributed by atoms with Crippen LogP contribution in [0.1, 0.15) is 79.1 Å². The Morgan fingerprint density at radius 3 is 1.24 bits per heavy atom. The molecule has 1 heterocycles. The molecule has 10 heteroatoms. The molecule has 1 saturated heterocycles. The maximum Gasteiger partial charge on any atom is 2.00 e. The maximum atomic E-state index is 9.65. The van der Waals surface area contributed by atoms with Crippen LogP contribution in [-0.4, -0.2) is 23.5 Å². The Kier molecular flexibility index (Phi) is 27.5. The second-order valence-corrected chi connectivity index (χ2v) is 6.49. The molecule has 0 amide bonds. The van der Waals surface area contributed by atoms with Crippen molar-refractivity contribution in [3.05, 3.63) is 44.3 Å². The van der Waals surface area contributed by atoms with Gasteiger partial charge in [-0.15, -0.1) is 22.9 Å². The molecule has 171 valence electrons. The summed E-state index contributed by atoms with van der Waals surface area (Å²) in [7, 11) is 0. The van der Waals surface area contributed by atoms with E-state index in [9.17, 15) is 9.81 Å². The number of hydrogen-bond acceptors (Lipinski definition) is 8. The first kappa shape index (κ1) is 32.3. The Balaban J connectivity index is -0.000000309. The average Bonchev–Trinajstić information content (AvgIpc) is 2.80. The van der Waals surface area contributed by atoms with Crippen LogP contribution in [0.25, 0.3) is 5.32 Å². The van der Waals surface area contributed by atoms with E-state index in [4.69, 9.17) is 10.4 Å².